The van der Waals surface area contributed by atoms with E-state index in [1.54, 1.807) is 31.2 Å². The summed E-state index contributed by atoms with van der Waals surface area (Å²) in [4.78, 5) is 27.2. The lowest BCUT2D eigenvalue weighted by Crippen LogP contribution is -2.47. The highest BCUT2D eigenvalue weighted by Gasteiger charge is 2.34. The molecular weight excluding hydrogens is 569 g/mol. The topological polar surface area (TPSA) is 92.8 Å². The molecule has 1 unspecified atom stereocenters. The van der Waals surface area contributed by atoms with Crippen molar-refractivity contribution in [2.24, 2.45) is 0 Å². The van der Waals surface area contributed by atoms with E-state index in [-0.39, 0.29) is 11.3 Å². The van der Waals surface area contributed by atoms with Crippen LogP contribution in [-0.2, 0) is 32.8 Å². The highest BCUT2D eigenvalue weighted by molar-refractivity contribution is 8.08. The molecule has 0 spiro atoms. The summed E-state index contributed by atoms with van der Waals surface area (Å²) in [5.41, 5.74) is 4.91. The number of benzene rings is 4. The lowest BCUT2D eigenvalue weighted by molar-refractivity contribution is -0.125. The van der Waals surface area contributed by atoms with Gasteiger partial charge in [-0.25, -0.2) is 8.42 Å². The van der Waals surface area contributed by atoms with E-state index in [0.717, 1.165) is 37.9 Å². The van der Waals surface area contributed by atoms with Crippen LogP contribution in [0.5, 0.6) is 0 Å². The maximum atomic E-state index is 13.7. The van der Waals surface area contributed by atoms with Gasteiger partial charge in [-0.05, 0) is 77.4 Å². The Hall–Kier alpha value is -3.92. The Kier molecular flexibility index (Phi) is 10.6. The molecule has 2 amide bonds. The zero-order chi connectivity index (χ0) is 30.1. The zero-order valence-electron chi connectivity index (χ0n) is 23.8. The van der Waals surface area contributed by atoms with Crippen molar-refractivity contribution in [3.8, 4) is 11.1 Å². The second-order valence-corrected chi connectivity index (χ2v) is 12.4. The summed E-state index contributed by atoms with van der Waals surface area (Å²) in [5, 5.41) is 2.80. The number of carbonyl (C=O) groups excluding carboxylic acids is 2. The maximum absolute atomic E-state index is 13.7. The normalized spacial score (nSPS) is 12.0. The van der Waals surface area contributed by atoms with Gasteiger partial charge >= 0.3 is 0 Å². The number of sulfonamides is 1. The molecule has 0 aliphatic carbocycles. The quantitative estimate of drug-likeness (QED) is 0.189. The third-order valence-corrected chi connectivity index (χ3v) is 9.79. The predicted molar refractivity (Wildman–Crippen MR) is 167 cm³/mol. The van der Waals surface area contributed by atoms with Gasteiger partial charge in [0.25, 0.3) is 21.8 Å². The van der Waals surface area contributed by atoms with Crippen LogP contribution >= 0.6 is 11.9 Å². The second-order valence-electron chi connectivity index (χ2n) is 9.67. The van der Waals surface area contributed by atoms with Crippen LogP contribution < -0.4 is 5.32 Å². The van der Waals surface area contributed by atoms with Gasteiger partial charge < -0.3 is 10.1 Å². The SMILES string of the molecule is CCC(NC(=O)c1ccc(COCc2ccccc2)cc1-c1ccccc1C)C(=O)N(SC)S(=O)(=O)c1ccccc1. The number of nitrogens with zero attached hydrogens (tertiary/aromatic N) is 1. The Morgan fingerprint density at radius 2 is 1.45 bits per heavy atom. The summed E-state index contributed by atoms with van der Waals surface area (Å²) in [7, 11) is -4.12. The third-order valence-electron chi connectivity index (χ3n) is 6.76. The molecule has 0 bridgehead atoms. The van der Waals surface area contributed by atoms with Gasteiger partial charge in [0.1, 0.15) is 6.04 Å². The number of rotatable bonds is 12. The van der Waals surface area contributed by atoms with Crippen molar-refractivity contribution in [2.45, 2.75) is 44.4 Å². The van der Waals surface area contributed by atoms with Crippen LogP contribution in [0.4, 0.5) is 0 Å². The average Bonchev–Trinajstić information content (AvgIpc) is 3.01. The van der Waals surface area contributed by atoms with Crippen molar-refractivity contribution < 1.29 is 22.7 Å². The molecule has 9 heteroatoms. The summed E-state index contributed by atoms with van der Waals surface area (Å²) < 4.78 is 33.1. The molecule has 0 heterocycles. The zero-order valence-corrected chi connectivity index (χ0v) is 25.5. The molecule has 0 aliphatic heterocycles. The van der Waals surface area contributed by atoms with Crippen molar-refractivity contribution in [1.29, 1.82) is 0 Å². The standard InChI is InChI=1S/C33H34N2O5S2/c1-4-31(33(37)35(41-3)42(38,39)27-16-9-6-10-17-27)34-32(36)29-20-19-26(23-40-22-25-14-7-5-8-15-25)21-30(29)28-18-12-11-13-24(28)2/h5-21,31H,4,22-23H2,1-3H3,(H,34,36). The van der Waals surface area contributed by atoms with E-state index in [4.69, 9.17) is 4.74 Å². The molecule has 0 radical (unpaired) electrons. The van der Waals surface area contributed by atoms with Crippen LogP contribution in [-0.4, -0.2) is 36.2 Å². The molecule has 218 valence electrons. The summed E-state index contributed by atoms with van der Waals surface area (Å²) in [6.07, 6.45) is 1.72. The van der Waals surface area contributed by atoms with E-state index in [1.165, 1.54) is 18.4 Å². The van der Waals surface area contributed by atoms with Gasteiger partial charge in [0.2, 0.25) is 0 Å². The van der Waals surface area contributed by atoms with Crippen molar-refractivity contribution in [3.05, 3.63) is 125 Å². The fraction of sp³-hybridized carbons (Fsp3) is 0.212. The number of aryl methyl sites for hydroxylation is 1. The third kappa shape index (κ3) is 7.28. The minimum Gasteiger partial charge on any atom is -0.372 e. The number of carbonyl (C=O) groups is 2. The van der Waals surface area contributed by atoms with Crippen molar-refractivity contribution in [3.63, 3.8) is 0 Å². The Morgan fingerprint density at radius 1 is 0.833 bits per heavy atom. The Bertz CT molecular complexity index is 1630. The van der Waals surface area contributed by atoms with Gasteiger partial charge in [-0.2, -0.15) is 3.71 Å². The molecule has 0 aromatic heterocycles. The molecule has 4 aromatic carbocycles. The molecule has 0 fully saturated rings. The molecule has 0 saturated carbocycles. The minimum atomic E-state index is -4.12. The Morgan fingerprint density at radius 3 is 2.10 bits per heavy atom. The van der Waals surface area contributed by atoms with Crippen LogP contribution in [0, 0.1) is 6.92 Å². The van der Waals surface area contributed by atoms with E-state index in [9.17, 15) is 18.0 Å². The van der Waals surface area contributed by atoms with Crippen LogP contribution in [0.3, 0.4) is 0 Å². The largest absolute Gasteiger partial charge is 0.372 e. The van der Waals surface area contributed by atoms with Gasteiger partial charge in [0.15, 0.2) is 0 Å². The molecule has 4 aromatic rings. The first-order valence-corrected chi connectivity index (χ1v) is 16.2. The van der Waals surface area contributed by atoms with Crippen molar-refractivity contribution in [2.75, 3.05) is 6.26 Å². The van der Waals surface area contributed by atoms with E-state index in [1.807, 2.05) is 73.7 Å². The molecule has 42 heavy (non-hydrogen) atoms. The van der Waals surface area contributed by atoms with Crippen molar-refractivity contribution >= 4 is 33.8 Å². The first-order valence-electron chi connectivity index (χ1n) is 13.6. The minimum absolute atomic E-state index is 0.000732. The van der Waals surface area contributed by atoms with Crippen LogP contribution in [0.15, 0.2) is 108 Å². The summed E-state index contributed by atoms with van der Waals surface area (Å²) in [6, 6.07) is 29.8. The summed E-state index contributed by atoms with van der Waals surface area (Å²) in [6.45, 7) is 4.51. The van der Waals surface area contributed by atoms with Crippen LogP contribution in [0.25, 0.3) is 11.1 Å². The lowest BCUT2D eigenvalue weighted by atomic mass is 9.93. The van der Waals surface area contributed by atoms with E-state index in [0.29, 0.717) is 24.3 Å². The molecular formula is C33H34N2O5S2. The highest BCUT2D eigenvalue weighted by atomic mass is 32.3. The fourth-order valence-electron chi connectivity index (χ4n) is 4.53. The number of ether oxygens (including phenoxy) is 1. The lowest BCUT2D eigenvalue weighted by Gasteiger charge is -2.25. The van der Waals surface area contributed by atoms with Gasteiger partial charge in [-0.3, -0.25) is 9.59 Å². The summed E-state index contributed by atoms with van der Waals surface area (Å²) >= 11 is 0.787. The van der Waals surface area contributed by atoms with Gasteiger partial charge in [-0.15, -0.1) is 0 Å². The van der Waals surface area contributed by atoms with Crippen molar-refractivity contribution in [1.82, 2.24) is 9.03 Å². The number of hydrogen-bond donors (Lipinski definition) is 1. The number of amides is 2. The molecule has 0 saturated heterocycles. The predicted octanol–water partition coefficient (Wildman–Crippen LogP) is 6.38. The molecule has 0 aliphatic rings. The smallest absolute Gasteiger partial charge is 0.276 e. The molecule has 1 atom stereocenters. The first-order chi connectivity index (χ1) is 20.3. The van der Waals surface area contributed by atoms with Gasteiger partial charge in [0.05, 0.1) is 18.1 Å². The Balaban J connectivity index is 1.59. The van der Waals surface area contributed by atoms with Gasteiger partial charge in [0, 0.05) is 11.8 Å². The Labute approximate surface area is 252 Å². The monoisotopic (exact) mass is 602 g/mol. The molecule has 7 nitrogen and oxygen atoms in total. The van der Waals surface area contributed by atoms with E-state index >= 15 is 0 Å². The second kappa shape index (κ2) is 14.3. The van der Waals surface area contributed by atoms with E-state index < -0.39 is 27.9 Å². The van der Waals surface area contributed by atoms with Crippen LogP contribution in [0.2, 0.25) is 0 Å². The maximum Gasteiger partial charge on any atom is 0.276 e. The first kappa shape index (κ1) is 31.0. The van der Waals surface area contributed by atoms with Gasteiger partial charge in [-0.1, -0.05) is 85.8 Å². The molecule has 4 rings (SSSR count). The highest BCUT2D eigenvalue weighted by Crippen LogP contribution is 2.29. The molecule has 1 N–H and O–H groups in total. The van der Waals surface area contributed by atoms with E-state index in [2.05, 4.69) is 5.32 Å². The fourth-order valence-corrected chi connectivity index (χ4v) is 6.94. The summed E-state index contributed by atoms with van der Waals surface area (Å²) in [5.74, 6) is -1.19. The number of nitrogens with one attached hydrogen (secondary N) is 1. The average molecular weight is 603 g/mol. The number of hydrogen-bond acceptors (Lipinski definition) is 6. The van der Waals surface area contributed by atoms with Crippen LogP contribution in [0.1, 0.15) is 40.4 Å².